The summed E-state index contributed by atoms with van der Waals surface area (Å²) >= 11 is 6.81. The first-order valence-electron chi connectivity index (χ1n) is 7.32. The second kappa shape index (κ2) is 6.90. The number of rotatable bonds is 3. The van der Waals surface area contributed by atoms with Gasteiger partial charge in [-0.15, -0.1) is 11.3 Å². The maximum absolute atomic E-state index is 12.9. The lowest BCUT2D eigenvalue weighted by Gasteiger charge is -2.13. The van der Waals surface area contributed by atoms with Crippen molar-refractivity contribution in [1.29, 1.82) is 0 Å². The molecule has 0 fully saturated rings. The molecular weight excluding hydrogens is 395 g/mol. The maximum Gasteiger partial charge on any atom is 0.417 e. The first-order valence-corrected chi connectivity index (χ1v) is 8.52. The van der Waals surface area contributed by atoms with Gasteiger partial charge in [0.25, 0.3) is 5.91 Å². The molecule has 0 unspecified atom stereocenters. The maximum atomic E-state index is 12.9. The number of nitrogens with one attached hydrogen (secondary N) is 1. The lowest BCUT2D eigenvalue weighted by Crippen LogP contribution is -2.17. The summed E-state index contributed by atoms with van der Waals surface area (Å²) in [7, 11) is 0. The first kappa shape index (κ1) is 18.7. The van der Waals surface area contributed by atoms with Gasteiger partial charge in [0.15, 0.2) is 0 Å². The van der Waals surface area contributed by atoms with Crippen molar-refractivity contribution in [2.45, 2.75) is 19.2 Å². The fraction of sp³-hybridized carbons (Fsp3) is 0.250. The highest BCUT2D eigenvalue weighted by Crippen LogP contribution is 2.39. The second-order valence-electron chi connectivity index (χ2n) is 5.43. The average molecular weight is 406 g/mol. The van der Waals surface area contributed by atoms with Crippen LogP contribution in [0, 0.1) is 0 Å². The zero-order valence-electron chi connectivity index (χ0n) is 12.9. The quantitative estimate of drug-likeness (QED) is 0.791. The number of carboxylic acid groups (broad SMARTS) is 1. The van der Waals surface area contributed by atoms with Gasteiger partial charge < -0.3 is 15.2 Å². The summed E-state index contributed by atoms with van der Waals surface area (Å²) in [5, 5.41) is 11.1. The number of alkyl halides is 3. The van der Waals surface area contributed by atoms with Crippen LogP contribution in [0.15, 0.2) is 18.2 Å². The number of carbonyl (C=O) groups is 2. The van der Waals surface area contributed by atoms with Gasteiger partial charge in [-0.25, -0.2) is 4.79 Å². The molecule has 2 heterocycles. The van der Waals surface area contributed by atoms with Crippen LogP contribution in [0.2, 0.25) is 5.02 Å². The molecule has 1 aromatic heterocycles. The minimum Gasteiger partial charge on any atom is -0.478 e. The van der Waals surface area contributed by atoms with Crippen molar-refractivity contribution in [3.8, 4) is 0 Å². The van der Waals surface area contributed by atoms with Gasteiger partial charge >= 0.3 is 12.1 Å². The Kier molecular flexibility index (Phi) is 4.96. The molecule has 2 aromatic rings. The number of halogens is 4. The van der Waals surface area contributed by atoms with Crippen LogP contribution in [0.4, 0.5) is 18.2 Å². The number of carbonyl (C=O) groups excluding carboxylic acids is 1. The van der Waals surface area contributed by atoms with Crippen LogP contribution >= 0.6 is 22.9 Å². The molecule has 1 aliphatic heterocycles. The number of hydrogen-bond donors (Lipinski definition) is 2. The fourth-order valence-electron chi connectivity index (χ4n) is 2.62. The monoisotopic (exact) mass is 405 g/mol. The van der Waals surface area contributed by atoms with E-state index in [4.69, 9.17) is 16.3 Å². The number of benzene rings is 1. The largest absolute Gasteiger partial charge is 0.478 e. The molecule has 0 radical (unpaired) electrons. The van der Waals surface area contributed by atoms with E-state index in [2.05, 4.69) is 5.32 Å². The molecular formula is C16H11ClF3NO4S. The number of carboxylic acids is 1. The highest BCUT2D eigenvalue weighted by molar-refractivity contribution is 7.17. The van der Waals surface area contributed by atoms with E-state index in [1.54, 1.807) is 0 Å². The summed E-state index contributed by atoms with van der Waals surface area (Å²) in [6.07, 6.45) is -4.21. The Balaban J connectivity index is 1.97. The summed E-state index contributed by atoms with van der Waals surface area (Å²) in [5.41, 5.74) is -1.16. The van der Waals surface area contributed by atoms with Gasteiger partial charge in [0.2, 0.25) is 0 Å². The minimum absolute atomic E-state index is 0.0477. The van der Waals surface area contributed by atoms with Gasteiger partial charge in [0.05, 0.1) is 34.9 Å². The smallest absolute Gasteiger partial charge is 0.417 e. The number of ether oxygens (including phenoxy) is 1. The Hall–Kier alpha value is -2.10. The van der Waals surface area contributed by atoms with Crippen LogP contribution in [0.5, 0.6) is 0 Å². The molecule has 10 heteroatoms. The number of fused-ring (bicyclic) bond motifs is 1. The van der Waals surface area contributed by atoms with E-state index in [-0.39, 0.29) is 22.7 Å². The predicted octanol–water partition coefficient (Wildman–Crippen LogP) is 4.44. The zero-order chi connectivity index (χ0) is 19.1. The van der Waals surface area contributed by atoms with Crippen LogP contribution in [-0.4, -0.2) is 23.6 Å². The van der Waals surface area contributed by atoms with E-state index in [0.717, 1.165) is 34.4 Å². The predicted molar refractivity (Wildman–Crippen MR) is 89.0 cm³/mol. The third-order valence-corrected chi connectivity index (χ3v) is 5.41. The van der Waals surface area contributed by atoms with E-state index in [9.17, 15) is 27.9 Å². The zero-order valence-corrected chi connectivity index (χ0v) is 14.5. The molecule has 0 aliphatic carbocycles. The lowest BCUT2D eigenvalue weighted by atomic mass is 10.1. The van der Waals surface area contributed by atoms with Crippen molar-refractivity contribution in [2.75, 3.05) is 11.9 Å². The highest BCUT2D eigenvalue weighted by atomic mass is 35.5. The van der Waals surface area contributed by atoms with Gasteiger partial charge in [-0.05, 0) is 12.1 Å². The van der Waals surface area contributed by atoms with E-state index in [0.29, 0.717) is 18.6 Å². The van der Waals surface area contributed by atoms with Crippen LogP contribution < -0.4 is 5.32 Å². The third-order valence-electron chi connectivity index (χ3n) is 3.80. The standard InChI is InChI=1S/C16H11ClF3NO4S/c17-12-7(2-1-3-9(12)16(18,19)20)13(22)21-14-11(15(23)24)8-6-25-5-4-10(8)26-14/h1-3H,4-6H2,(H,21,22)(H,23,24). The molecule has 5 nitrogen and oxygen atoms in total. The average Bonchev–Trinajstić information content (AvgIpc) is 2.91. The molecule has 1 aromatic carbocycles. The van der Waals surface area contributed by atoms with Crippen molar-refractivity contribution in [2.24, 2.45) is 0 Å². The van der Waals surface area contributed by atoms with E-state index >= 15 is 0 Å². The SMILES string of the molecule is O=C(Nc1sc2c(c1C(=O)O)COCC2)c1cccc(C(F)(F)F)c1Cl. The Morgan fingerprint density at radius 2 is 2.04 bits per heavy atom. The lowest BCUT2D eigenvalue weighted by molar-refractivity contribution is -0.137. The van der Waals surface area contributed by atoms with Crippen molar-refractivity contribution in [3.05, 3.63) is 50.4 Å². The van der Waals surface area contributed by atoms with Gasteiger partial charge in [-0.2, -0.15) is 13.2 Å². The third kappa shape index (κ3) is 3.42. The van der Waals surface area contributed by atoms with Gasteiger partial charge in [0, 0.05) is 16.9 Å². The topological polar surface area (TPSA) is 75.6 Å². The molecule has 0 atom stereocenters. The molecule has 1 amide bonds. The van der Waals surface area contributed by atoms with E-state index in [1.165, 1.54) is 0 Å². The normalized spacial score (nSPS) is 14.0. The van der Waals surface area contributed by atoms with Crippen LogP contribution in [0.1, 0.15) is 36.7 Å². The number of aromatic carboxylic acids is 1. The summed E-state index contributed by atoms with van der Waals surface area (Å²) in [4.78, 5) is 24.7. The summed E-state index contributed by atoms with van der Waals surface area (Å²) in [6.45, 7) is 0.535. The van der Waals surface area contributed by atoms with Gasteiger partial charge in [-0.3, -0.25) is 4.79 Å². The number of thiophene rings is 1. The Morgan fingerprint density at radius 3 is 2.69 bits per heavy atom. The Morgan fingerprint density at radius 1 is 1.31 bits per heavy atom. The van der Waals surface area contributed by atoms with E-state index in [1.807, 2.05) is 0 Å². The summed E-state index contributed by atoms with van der Waals surface area (Å²) in [5.74, 6) is -2.17. The Labute approximate surface area is 154 Å². The minimum atomic E-state index is -4.71. The van der Waals surface area contributed by atoms with E-state index < -0.39 is 28.6 Å². The van der Waals surface area contributed by atoms with Crippen LogP contribution in [-0.2, 0) is 23.9 Å². The van der Waals surface area contributed by atoms with Gasteiger partial charge in [0.1, 0.15) is 5.00 Å². The van der Waals surface area contributed by atoms with Gasteiger partial charge in [-0.1, -0.05) is 17.7 Å². The molecule has 0 saturated carbocycles. The van der Waals surface area contributed by atoms with Crippen molar-refractivity contribution in [3.63, 3.8) is 0 Å². The molecule has 0 spiro atoms. The number of amides is 1. The number of anilines is 1. The molecule has 0 saturated heterocycles. The summed E-state index contributed by atoms with van der Waals surface area (Å²) < 4.78 is 44.1. The fourth-order valence-corrected chi connectivity index (χ4v) is 4.11. The number of hydrogen-bond acceptors (Lipinski definition) is 4. The summed E-state index contributed by atoms with van der Waals surface area (Å²) in [6, 6.07) is 2.97. The molecule has 26 heavy (non-hydrogen) atoms. The molecule has 0 bridgehead atoms. The van der Waals surface area contributed by atoms with Crippen molar-refractivity contribution < 1.29 is 32.6 Å². The molecule has 3 rings (SSSR count). The molecule has 2 N–H and O–H groups in total. The Bertz CT molecular complexity index is 894. The first-order chi connectivity index (χ1) is 12.2. The molecule has 138 valence electrons. The molecule has 1 aliphatic rings. The second-order valence-corrected chi connectivity index (χ2v) is 6.92. The van der Waals surface area contributed by atoms with Crippen LogP contribution in [0.25, 0.3) is 0 Å². The van der Waals surface area contributed by atoms with Crippen molar-refractivity contribution >= 4 is 39.8 Å². The highest BCUT2D eigenvalue weighted by Gasteiger charge is 2.35. The van der Waals surface area contributed by atoms with Crippen molar-refractivity contribution in [1.82, 2.24) is 0 Å². The van der Waals surface area contributed by atoms with Crippen LogP contribution in [0.3, 0.4) is 0 Å².